The molecule has 3 aromatic carbocycles. The van der Waals surface area contributed by atoms with Gasteiger partial charge in [-0.3, -0.25) is 13.2 Å². The van der Waals surface area contributed by atoms with Crippen molar-refractivity contribution in [1.82, 2.24) is 28.2 Å². The van der Waals surface area contributed by atoms with Crippen molar-refractivity contribution in [2.24, 2.45) is 0 Å². The quantitative estimate of drug-likeness (QED) is 0.221. The number of nitrogens with zero attached hydrogens (tertiary/aromatic N) is 6. The highest BCUT2D eigenvalue weighted by Gasteiger charge is 2.27. The van der Waals surface area contributed by atoms with Crippen LogP contribution in [0.1, 0.15) is 50.5 Å². The number of hydrogen-bond acceptors (Lipinski definition) is 3. The molecule has 7 aromatic rings. The van der Waals surface area contributed by atoms with Crippen LogP contribution in [0.25, 0.3) is 51.1 Å². The van der Waals surface area contributed by atoms with Gasteiger partial charge in [-0.2, -0.15) is 0 Å². The normalized spacial score (nSPS) is 11.9. The highest BCUT2D eigenvalue weighted by atomic mass is 15.3. The Morgan fingerprint density at radius 2 is 0.571 bits per heavy atom. The lowest BCUT2D eigenvalue weighted by molar-refractivity contribution is 0.933. The van der Waals surface area contributed by atoms with Crippen LogP contribution in [0.15, 0.2) is 54.6 Å². The van der Waals surface area contributed by atoms with E-state index >= 15 is 0 Å². The zero-order valence-corrected chi connectivity index (χ0v) is 25.9. The van der Waals surface area contributed by atoms with Gasteiger partial charge in [0.15, 0.2) is 0 Å². The summed E-state index contributed by atoms with van der Waals surface area (Å²) in [4.78, 5) is 16.1. The molecule has 0 radical (unpaired) electrons. The van der Waals surface area contributed by atoms with Crippen molar-refractivity contribution in [1.29, 1.82) is 0 Å². The highest BCUT2D eigenvalue weighted by molar-refractivity contribution is 5.79. The molecule has 0 spiro atoms. The second-order valence-electron chi connectivity index (χ2n) is 11.8. The Balaban J connectivity index is 1.71. The maximum absolute atomic E-state index is 5.37. The van der Waals surface area contributed by atoms with E-state index in [0.717, 1.165) is 51.5 Å². The molecule has 0 fully saturated rings. The van der Waals surface area contributed by atoms with Gasteiger partial charge in [0.1, 0.15) is 0 Å². The third-order valence-corrected chi connectivity index (χ3v) is 9.02. The summed E-state index contributed by atoms with van der Waals surface area (Å²) in [6.07, 6.45) is 0. The van der Waals surface area contributed by atoms with Gasteiger partial charge in [-0.05, 0) is 95.7 Å². The maximum atomic E-state index is 5.37. The molecule has 210 valence electrons. The maximum Gasteiger partial charge on any atom is 0.224 e. The van der Waals surface area contributed by atoms with Gasteiger partial charge in [-0.1, -0.05) is 54.6 Å². The van der Waals surface area contributed by atoms with E-state index in [1.54, 1.807) is 0 Å². The summed E-state index contributed by atoms with van der Waals surface area (Å²) in [7, 11) is 0. The van der Waals surface area contributed by atoms with Crippen molar-refractivity contribution >= 4 is 17.3 Å². The minimum Gasteiger partial charge on any atom is -0.251 e. The monoisotopic (exact) mass is 552 g/mol. The largest absolute Gasteiger partial charge is 0.251 e. The lowest BCUT2D eigenvalue weighted by Gasteiger charge is -2.08. The Bertz CT molecular complexity index is 1890. The Morgan fingerprint density at radius 1 is 0.357 bits per heavy atom. The van der Waals surface area contributed by atoms with Crippen LogP contribution in [-0.4, -0.2) is 28.2 Å². The summed E-state index contributed by atoms with van der Waals surface area (Å²) in [5.41, 5.74) is 16.9. The lowest BCUT2D eigenvalue weighted by Crippen LogP contribution is -2.06. The Morgan fingerprint density at radius 3 is 0.786 bits per heavy atom. The first kappa shape index (κ1) is 26.2. The van der Waals surface area contributed by atoms with Crippen LogP contribution in [-0.2, 0) is 0 Å². The van der Waals surface area contributed by atoms with Gasteiger partial charge in [-0.25, -0.2) is 15.0 Å². The molecular weight excluding hydrogens is 516 g/mol. The predicted molar refractivity (Wildman–Crippen MR) is 172 cm³/mol. The number of imidazole rings is 3. The molecule has 0 bridgehead atoms. The number of rotatable bonds is 3. The van der Waals surface area contributed by atoms with Crippen molar-refractivity contribution < 1.29 is 0 Å². The van der Waals surface area contributed by atoms with Crippen LogP contribution in [0.2, 0.25) is 0 Å². The molecule has 0 aliphatic carbocycles. The van der Waals surface area contributed by atoms with Crippen LogP contribution in [0.5, 0.6) is 0 Å². The van der Waals surface area contributed by atoms with Crippen molar-refractivity contribution in [3.05, 3.63) is 105 Å². The molecule has 0 aliphatic rings. The average molecular weight is 553 g/mol. The van der Waals surface area contributed by atoms with Crippen molar-refractivity contribution in [2.45, 2.75) is 62.3 Å². The van der Waals surface area contributed by atoms with Gasteiger partial charge in [0.25, 0.3) is 0 Å². The van der Waals surface area contributed by atoms with Crippen LogP contribution < -0.4 is 0 Å². The van der Waals surface area contributed by atoms with Gasteiger partial charge in [0.05, 0.1) is 34.2 Å². The van der Waals surface area contributed by atoms with Crippen LogP contribution in [0.3, 0.4) is 0 Å². The number of fused-ring (bicyclic) bond motifs is 6. The molecule has 0 aliphatic heterocycles. The zero-order chi connectivity index (χ0) is 29.6. The molecule has 4 heterocycles. The molecule has 0 saturated heterocycles. The van der Waals surface area contributed by atoms with E-state index in [0.29, 0.717) is 0 Å². The lowest BCUT2D eigenvalue weighted by atomic mass is 9.99. The third kappa shape index (κ3) is 3.47. The SMILES string of the molecule is Cc1cccc(C)c1-c1nc2n(c1C)c1nc(-c3c(C)cccc3C)c(C)n1c1nc(-c3c(C)cccc3C)c(C)n21. The minimum absolute atomic E-state index is 0.827. The van der Waals surface area contributed by atoms with E-state index in [1.165, 1.54) is 50.1 Å². The summed E-state index contributed by atoms with van der Waals surface area (Å²) >= 11 is 0. The number of aryl methyl sites for hydroxylation is 9. The van der Waals surface area contributed by atoms with Crippen LogP contribution in [0.4, 0.5) is 0 Å². The summed E-state index contributed by atoms with van der Waals surface area (Å²) in [6.45, 7) is 19.5. The van der Waals surface area contributed by atoms with Crippen LogP contribution >= 0.6 is 0 Å². The second-order valence-corrected chi connectivity index (χ2v) is 11.8. The molecule has 0 unspecified atom stereocenters. The Labute approximate surface area is 246 Å². The Hall–Kier alpha value is -4.71. The molecule has 0 N–H and O–H groups in total. The third-order valence-electron chi connectivity index (χ3n) is 9.02. The Kier molecular flexibility index (Phi) is 5.71. The summed E-state index contributed by atoms with van der Waals surface area (Å²) in [5.74, 6) is 2.48. The van der Waals surface area contributed by atoms with Gasteiger partial charge < -0.3 is 0 Å². The van der Waals surface area contributed by atoms with E-state index in [1.807, 2.05) is 0 Å². The van der Waals surface area contributed by atoms with Crippen molar-refractivity contribution in [3.8, 4) is 33.8 Å². The molecule has 0 atom stereocenters. The number of aromatic nitrogens is 6. The fourth-order valence-electron chi connectivity index (χ4n) is 6.90. The number of hydrogen-bond donors (Lipinski definition) is 0. The standard InChI is InChI=1S/C36H36N6/c1-19-13-10-14-20(2)28(19)31-25(7)40-34(37-31)41-26(8)32(29-21(3)15-11-16-22(29)4)39-36(41)42-27(9)33(38-35(40)42)30-23(5)17-12-18-24(30)6/h10-18H,1-9H3. The van der Waals surface area contributed by atoms with Crippen molar-refractivity contribution in [3.63, 3.8) is 0 Å². The van der Waals surface area contributed by atoms with E-state index < -0.39 is 0 Å². The summed E-state index contributed by atoms with van der Waals surface area (Å²) in [5, 5.41) is 0. The van der Waals surface area contributed by atoms with Gasteiger partial charge in [-0.15, -0.1) is 0 Å². The van der Waals surface area contributed by atoms with Gasteiger partial charge in [0, 0.05) is 16.7 Å². The average Bonchev–Trinajstić information content (AvgIpc) is 3.56. The molecule has 42 heavy (non-hydrogen) atoms. The van der Waals surface area contributed by atoms with Crippen LogP contribution in [0, 0.1) is 62.3 Å². The fraction of sp³-hybridized carbons (Fsp3) is 0.250. The summed E-state index contributed by atoms with van der Waals surface area (Å²) in [6, 6.07) is 19.3. The van der Waals surface area contributed by atoms with Gasteiger partial charge >= 0.3 is 0 Å². The highest BCUT2D eigenvalue weighted by Crippen LogP contribution is 2.37. The molecule has 6 heteroatoms. The number of benzene rings is 3. The van der Waals surface area contributed by atoms with E-state index in [2.05, 4.69) is 130 Å². The molecule has 6 nitrogen and oxygen atoms in total. The van der Waals surface area contributed by atoms with Crippen molar-refractivity contribution in [2.75, 3.05) is 0 Å². The predicted octanol–water partition coefficient (Wildman–Crippen LogP) is 8.41. The van der Waals surface area contributed by atoms with E-state index in [-0.39, 0.29) is 0 Å². The molecule has 7 rings (SSSR count). The van der Waals surface area contributed by atoms with Gasteiger partial charge in [0.2, 0.25) is 17.3 Å². The first-order valence-corrected chi connectivity index (χ1v) is 14.6. The topological polar surface area (TPSA) is 51.9 Å². The second kappa shape index (κ2) is 9.15. The first-order valence-electron chi connectivity index (χ1n) is 14.6. The fourth-order valence-corrected chi connectivity index (χ4v) is 6.90. The molecular formula is C36H36N6. The minimum atomic E-state index is 0.827. The summed E-state index contributed by atoms with van der Waals surface area (Å²) < 4.78 is 6.67. The van der Waals surface area contributed by atoms with E-state index in [4.69, 9.17) is 15.0 Å². The smallest absolute Gasteiger partial charge is 0.224 e. The molecule has 0 amide bonds. The molecule has 4 aromatic heterocycles. The first-order chi connectivity index (χ1) is 20.1. The van der Waals surface area contributed by atoms with E-state index in [9.17, 15) is 0 Å². The molecule has 0 saturated carbocycles. The zero-order valence-electron chi connectivity index (χ0n) is 25.9.